The van der Waals surface area contributed by atoms with Crippen molar-refractivity contribution in [3.8, 4) is 0 Å². The molecule has 0 bridgehead atoms. The fourth-order valence-corrected chi connectivity index (χ4v) is 2.50. The van der Waals surface area contributed by atoms with Gasteiger partial charge in [0.05, 0.1) is 16.8 Å². The van der Waals surface area contributed by atoms with E-state index in [2.05, 4.69) is 22.5 Å². The van der Waals surface area contributed by atoms with Crippen molar-refractivity contribution in [2.45, 2.75) is 26.3 Å². The molecular weight excluding hydrogens is 246 g/mol. The molecular formula is C13H17N3OS. The number of aromatic nitrogens is 1. The average molecular weight is 263 g/mol. The first-order valence-corrected chi connectivity index (χ1v) is 6.97. The zero-order valence-electron chi connectivity index (χ0n) is 10.4. The summed E-state index contributed by atoms with van der Waals surface area (Å²) in [5.74, 6) is 0. The van der Waals surface area contributed by atoms with Crippen LogP contribution in [0.15, 0.2) is 24.3 Å². The van der Waals surface area contributed by atoms with Gasteiger partial charge in [-0.3, -0.25) is 0 Å². The highest BCUT2D eigenvalue weighted by Gasteiger charge is 2.04. The lowest BCUT2D eigenvalue weighted by Gasteiger charge is -2.04. The van der Waals surface area contributed by atoms with E-state index >= 15 is 0 Å². The summed E-state index contributed by atoms with van der Waals surface area (Å²) in [5, 5.41) is 6.56. The highest BCUT2D eigenvalue weighted by Crippen LogP contribution is 2.21. The van der Waals surface area contributed by atoms with E-state index in [0.29, 0.717) is 6.54 Å². The third-order valence-corrected chi connectivity index (χ3v) is 3.59. The van der Waals surface area contributed by atoms with E-state index in [1.54, 1.807) is 11.3 Å². The van der Waals surface area contributed by atoms with Gasteiger partial charge in [-0.25, -0.2) is 9.78 Å². The Bertz CT molecular complexity index is 491. The van der Waals surface area contributed by atoms with E-state index < -0.39 is 0 Å². The molecule has 2 N–H and O–H groups in total. The second-order valence-corrected chi connectivity index (χ2v) is 5.15. The van der Waals surface area contributed by atoms with Gasteiger partial charge in [-0.15, -0.1) is 11.3 Å². The Morgan fingerprint density at radius 1 is 1.33 bits per heavy atom. The predicted molar refractivity (Wildman–Crippen MR) is 74.8 cm³/mol. The van der Waals surface area contributed by atoms with Crippen LogP contribution in [0.4, 0.5) is 4.79 Å². The third kappa shape index (κ3) is 3.43. The number of carbonyl (C=O) groups excluding carboxylic acids is 1. The Hall–Kier alpha value is -1.62. The molecule has 2 rings (SSSR count). The van der Waals surface area contributed by atoms with Crippen LogP contribution in [0.2, 0.25) is 0 Å². The maximum atomic E-state index is 11.5. The first kappa shape index (κ1) is 12.8. The van der Waals surface area contributed by atoms with Gasteiger partial charge in [0.15, 0.2) is 0 Å². The van der Waals surface area contributed by atoms with Crippen molar-refractivity contribution in [3.05, 3.63) is 29.3 Å². The third-order valence-electron chi connectivity index (χ3n) is 2.55. The standard InChI is InChI=1S/C13H17N3OS/c1-2-3-8-14-13(17)15-9-12-16-10-6-4-5-7-11(10)18-12/h4-7H,2-3,8-9H2,1H3,(H2,14,15,17). The van der Waals surface area contributed by atoms with Gasteiger partial charge in [-0.1, -0.05) is 25.5 Å². The molecule has 0 saturated carbocycles. The monoisotopic (exact) mass is 263 g/mol. The lowest BCUT2D eigenvalue weighted by atomic mass is 10.3. The van der Waals surface area contributed by atoms with Crippen LogP contribution in [0, 0.1) is 0 Å². The number of rotatable bonds is 5. The minimum atomic E-state index is -0.122. The van der Waals surface area contributed by atoms with E-state index in [4.69, 9.17) is 0 Å². The van der Waals surface area contributed by atoms with Gasteiger partial charge >= 0.3 is 6.03 Å². The first-order valence-electron chi connectivity index (χ1n) is 6.15. The van der Waals surface area contributed by atoms with Crippen LogP contribution in [0.1, 0.15) is 24.8 Å². The molecule has 0 spiro atoms. The number of carbonyl (C=O) groups is 1. The molecule has 0 aliphatic rings. The molecule has 0 atom stereocenters. The van der Waals surface area contributed by atoms with Gasteiger partial charge in [0.2, 0.25) is 0 Å². The van der Waals surface area contributed by atoms with Gasteiger partial charge in [0.1, 0.15) is 5.01 Å². The largest absolute Gasteiger partial charge is 0.338 e. The number of thiazole rings is 1. The summed E-state index contributed by atoms with van der Waals surface area (Å²) in [4.78, 5) is 15.9. The van der Waals surface area contributed by atoms with Gasteiger partial charge in [0.25, 0.3) is 0 Å². The number of benzene rings is 1. The van der Waals surface area contributed by atoms with Crippen LogP contribution < -0.4 is 10.6 Å². The lowest BCUT2D eigenvalue weighted by Crippen LogP contribution is -2.35. The van der Waals surface area contributed by atoms with Crippen molar-refractivity contribution in [2.24, 2.45) is 0 Å². The Morgan fingerprint density at radius 3 is 2.94 bits per heavy atom. The molecule has 5 heteroatoms. The summed E-state index contributed by atoms with van der Waals surface area (Å²) in [6, 6.07) is 7.86. The van der Waals surface area contributed by atoms with E-state index in [1.807, 2.05) is 24.3 Å². The second-order valence-electron chi connectivity index (χ2n) is 4.04. The summed E-state index contributed by atoms with van der Waals surface area (Å²) >= 11 is 1.61. The van der Waals surface area contributed by atoms with E-state index in [9.17, 15) is 4.79 Å². The Kier molecular flexibility index (Phi) is 4.52. The van der Waals surface area contributed by atoms with Crippen molar-refractivity contribution in [1.82, 2.24) is 15.6 Å². The minimum absolute atomic E-state index is 0.122. The summed E-state index contributed by atoms with van der Waals surface area (Å²) in [6.45, 7) is 3.31. The maximum Gasteiger partial charge on any atom is 0.315 e. The van der Waals surface area contributed by atoms with Crippen molar-refractivity contribution in [3.63, 3.8) is 0 Å². The molecule has 2 aromatic rings. The Morgan fingerprint density at radius 2 is 2.17 bits per heavy atom. The number of para-hydroxylation sites is 1. The summed E-state index contributed by atoms with van der Waals surface area (Å²) < 4.78 is 1.15. The van der Waals surface area contributed by atoms with Crippen molar-refractivity contribution in [1.29, 1.82) is 0 Å². The van der Waals surface area contributed by atoms with E-state index in [-0.39, 0.29) is 6.03 Å². The average Bonchev–Trinajstić information content (AvgIpc) is 2.79. The predicted octanol–water partition coefficient (Wildman–Crippen LogP) is 2.90. The molecule has 0 aliphatic heterocycles. The molecule has 0 aliphatic carbocycles. The fourth-order valence-electron chi connectivity index (χ4n) is 1.59. The molecule has 18 heavy (non-hydrogen) atoms. The van der Waals surface area contributed by atoms with Crippen LogP contribution in [0.25, 0.3) is 10.2 Å². The second kappa shape index (κ2) is 6.35. The maximum absolute atomic E-state index is 11.5. The van der Waals surface area contributed by atoms with Crippen molar-refractivity contribution < 1.29 is 4.79 Å². The number of nitrogens with one attached hydrogen (secondary N) is 2. The van der Waals surface area contributed by atoms with Crippen LogP contribution in [-0.2, 0) is 6.54 Å². The SMILES string of the molecule is CCCCNC(=O)NCc1nc2ccccc2s1. The number of urea groups is 1. The Balaban J connectivity index is 1.84. The van der Waals surface area contributed by atoms with Crippen LogP contribution in [0.5, 0.6) is 0 Å². The molecule has 0 saturated heterocycles. The number of fused-ring (bicyclic) bond motifs is 1. The number of amides is 2. The highest BCUT2D eigenvalue weighted by molar-refractivity contribution is 7.18. The van der Waals surface area contributed by atoms with Crippen molar-refractivity contribution in [2.75, 3.05) is 6.54 Å². The van der Waals surface area contributed by atoms with Crippen LogP contribution in [0.3, 0.4) is 0 Å². The molecule has 0 radical (unpaired) electrons. The molecule has 1 aromatic carbocycles. The van der Waals surface area contributed by atoms with E-state index in [1.165, 1.54) is 0 Å². The number of hydrogen-bond acceptors (Lipinski definition) is 3. The van der Waals surface area contributed by atoms with Gasteiger partial charge < -0.3 is 10.6 Å². The van der Waals surface area contributed by atoms with Gasteiger partial charge in [0, 0.05) is 6.54 Å². The zero-order valence-corrected chi connectivity index (χ0v) is 11.2. The molecule has 0 unspecified atom stereocenters. The quantitative estimate of drug-likeness (QED) is 0.815. The number of hydrogen-bond donors (Lipinski definition) is 2. The van der Waals surface area contributed by atoms with Crippen LogP contribution in [-0.4, -0.2) is 17.6 Å². The molecule has 4 nitrogen and oxygen atoms in total. The number of nitrogens with zero attached hydrogens (tertiary/aromatic N) is 1. The first-order chi connectivity index (χ1) is 8.79. The van der Waals surface area contributed by atoms with Crippen LogP contribution >= 0.6 is 11.3 Å². The molecule has 1 heterocycles. The molecule has 1 aromatic heterocycles. The Labute approximate surface area is 110 Å². The highest BCUT2D eigenvalue weighted by atomic mass is 32.1. The molecule has 2 amide bonds. The lowest BCUT2D eigenvalue weighted by molar-refractivity contribution is 0.240. The molecule has 96 valence electrons. The van der Waals surface area contributed by atoms with Gasteiger partial charge in [-0.05, 0) is 18.6 Å². The number of unbranched alkanes of at least 4 members (excludes halogenated alkanes) is 1. The topological polar surface area (TPSA) is 54.0 Å². The summed E-state index contributed by atoms with van der Waals surface area (Å²) in [5.41, 5.74) is 0.991. The minimum Gasteiger partial charge on any atom is -0.338 e. The smallest absolute Gasteiger partial charge is 0.315 e. The molecule has 0 fully saturated rings. The van der Waals surface area contributed by atoms with Crippen molar-refractivity contribution >= 4 is 27.6 Å². The normalized spacial score (nSPS) is 10.5. The fraction of sp³-hybridized carbons (Fsp3) is 0.385. The van der Waals surface area contributed by atoms with E-state index in [0.717, 1.165) is 34.6 Å². The zero-order chi connectivity index (χ0) is 12.8. The van der Waals surface area contributed by atoms with Gasteiger partial charge in [-0.2, -0.15) is 0 Å². The summed E-state index contributed by atoms with van der Waals surface area (Å²) in [6.07, 6.45) is 2.09. The summed E-state index contributed by atoms with van der Waals surface area (Å²) in [7, 11) is 0.